The van der Waals surface area contributed by atoms with E-state index >= 15 is 0 Å². The number of Topliss-reactive ketones (excluding diaryl/α,β-unsaturated/α-hetero) is 2. The van der Waals surface area contributed by atoms with Gasteiger partial charge in [0, 0.05) is 24.8 Å². The third-order valence-corrected chi connectivity index (χ3v) is 5.28. The molecule has 0 saturated heterocycles. The minimum absolute atomic E-state index is 0.0583. The van der Waals surface area contributed by atoms with Crippen molar-refractivity contribution in [1.82, 2.24) is 0 Å². The topological polar surface area (TPSA) is 76.0 Å². The zero-order valence-electron chi connectivity index (χ0n) is 17.6. The molecule has 0 bridgehead atoms. The van der Waals surface area contributed by atoms with E-state index in [-0.39, 0.29) is 29.7 Å². The standard InChI is InChI=1S/C23H31NO4/c1-6-9-19(25)22-14(4)10-11-17(15(22)5)16-12-20(26)23(21(27)13-16)18(7-2)24-28-8-3/h10-11,16,26H,6-9,12-13H2,1-5H3/b24-18+. The maximum Gasteiger partial charge on any atom is 0.168 e. The number of aliphatic hydroxyl groups excluding tert-OH is 1. The molecule has 1 unspecified atom stereocenters. The predicted octanol–water partition coefficient (Wildman–Crippen LogP) is 5.35. The van der Waals surface area contributed by atoms with Crippen LogP contribution in [-0.4, -0.2) is 29.0 Å². The van der Waals surface area contributed by atoms with Crippen molar-refractivity contribution in [3.8, 4) is 0 Å². The van der Waals surface area contributed by atoms with Gasteiger partial charge in [-0.3, -0.25) is 9.59 Å². The number of carbonyl (C=O) groups is 2. The van der Waals surface area contributed by atoms with E-state index in [2.05, 4.69) is 5.16 Å². The van der Waals surface area contributed by atoms with Gasteiger partial charge in [-0.1, -0.05) is 31.1 Å². The second kappa shape index (κ2) is 9.67. The van der Waals surface area contributed by atoms with Crippen LogP contribution in [0.15, 0.2) is 28.6 Å². The summed E-state index contributed by atoms with van der Waals surface area (Å²) < 4.78 is 0. The monoisotopic (exact) mass is 385 g/mol. The number of oxime groups is 1. The minimum atomic E-state index is -0.143. The third kappa shape index (κ3) is 4.51. The number of benzene rings is 1. The summed E-state index contributed by atoms with van der Waals surface area (Å²) in [6.45, 7) is 9.99. The largest absolute Gasteiger partial charge is 0.511 e. The Morgan fingerprint density at radius 1 is 1.21 bits per heavy atom. The Labute approximate surface area is 167 Å². The molecule has 2 rings (SSSR count). The molecule has 0 radical (unpaired) electrons. The van der Waals surface area contributed by atoms with E-state index in [1.165, 1.54) is 0 Å². The SMILES string of the molecule is CCCC(=O)c1c(C)ccc(C2CC(=O)C(/C(CC)=N/OCC)=C(O)C2)c1C. The molecular weight excluding hydrogens is 354 g/mol. The summed E-state index contributed by atoms with van der Waals surface area (Å²) in [7, 11) is 0. The number of hydrogen-bond acceptors (Lipinski definition) is 5. The molecule has 0 fully saturated rings. The molecule has 1 aliphatic rings. The van der Waals surface area contributed by atoms with Gasteiger partial charge in [-0.25, -0.2) is 0 Å². The highest BCUT2D eigenvalue weighted by Crippen LogP contribution is 2.37. The molecule has 152 valence electrons. The van der Waals surface area contributed by atoms with E-state index in [0.29, 0.717) is 37.2 Å². The summed E-state index contributed by atoms with van der Waals surface area (Å²) in [6, 6.07) is 3.93. The first-order chi connectivity index (χ1) is 13.3. The van der Waals surface area contributed by atoms with Gasteiger partial charge in [0.25, 0.3) is 0 Å². The third-order valence-electron chi connectivity index (χ3n) is 5.28. The molecule has 0 spiro atoms. The van der Waals surface area contributed by atoms with Gasteiger partial charge in [-0.05, 0) is 56.2 Å². The molecule has 0 aliphatic heterocycles. The van der Waals surface area contributed by atoms with Crippen molar-refractivity contribution in [1.29, 1.82) is 0 Å². The number of carbonyl (C=O) groups excluding carboxylic acids is 2. The van der Waals surface area contributed by atoms with Crippen molar-refractivity contribution in [2.75, 3.05) is 6.61 Å². The average molecular weight is 386 g/mol. The van der Waals surface area contributed by atoms with Crippen LogP contribution in [0.4, 0.5) is 0 Å². The molecular formula is C23H31NO4. The molecule has 5 nitrogen and oxygen atoms in total. The fourth-order valence-electron chi connectivity index (χ4n) is 3.96. The van der Waals surface area contributed by atoms with Crippen LogP contribution in [-0.2, 0) is 9.63 Å². The second-order valence-corrected chi connectivity index (χ2v) is 7.30. The highest BCUT2D eigenvalue weighted by atomic mass is 16.6. The van der Waals surface area contributed by atoms with E-state index in [9.17, 15) is 14.7 Å². The van der Waals surface area contributed by atoms with Gasteiger partial charge in [0.15, 0.2) is 11.6 Å². The maximum atomic E-state index is 12.8. The highest BCUT2D eigenvalue weighted by Gasteiger charge is 2.32. The number of nitrogens with zero attached hydrogens (tertiary/aromatic N) is 1. The fourth-order valence-corrected chi connectivity index (χ4v) is 3.96. The van der Waals surface area contributed by atoms with Crippen LogP contribution in [0, 0.1) is 13.8 Å². The molecule has 28 heavy (non-hydrogen) atoms. The predicted molar refractivity (Wildman–Crippen MR) is 111 cm³/mol. The lowest BCUT2D eigenvalue weighted by atomic mass is 9.78. The van der Waals surface area contributed by atoms with Crippen LogP contribution < -0.4 is 0 Å². The Morgan fingerprint density at radius 2 is 1.93 bits per heavy atom. The van der Waals surface area contributed by atoms with E-state index in [1.807, 2.05) is 46.8 Å². The molecule has 1 aliphatic carbocycles. The van der Waals surface area contributed by atoms with Gasteiger partial charge in [-0.2, -0.15) is 0 Å². The van der Waals surface area contributed by atoms with Crippen LogP contribution in [0.5, 0.6) is 0 Å². The maximum absolute atomic E-state index is 12.8. The van der Waals surface area contributed by atoms with Crippen molar-refractivity contribution in [2.45, 2.75) is 72.6 Å². The Morgan fingerprint density at radius 3 is 2.50 bits per heavy atom. The molecule has 1 aromatic rings. The lowest BCUT2D eigenvalue weighted by Gasteiger charge is -2.26. The number of aryl methyl sites for hydroxylation is 1. The van der Waals surface area contributed by atoms with Crippen molar-refractivity contribution in [2.24, 2.45) is 5.16 Å². The van der Waals surface area contributed by atoms with E-state index in [1.54, 1.807) is 0 Å². The zero-order chi connectivity index (χ0) is 20.8. The Balaban J connectivity index is 2.41. The lowest BCUT2D eigenvalue weighted by Crippen LogP contribution is -2.24. The van der Waals surface area contributed by atoms with Gasteiger partial charge in [0.05, 0.1) is 11.3 Å². The fraction of sp³-hybridized carbons (Fsp3) is 0.522. The summed E-state index contributed by atoms with van der Waals surface area (Å²) in [5, 5.41) is 14.6. The van der Waals surface area contributed by atoms with Crippen molar-refractivity contribution < 1.29 is 19.5 Å². The Kier molecular flexibility index (Phi) is 7.55. The summed E-state index contributed by atoms with van der Waals surface area (Å²) in [5.41, 5.74) is 4.38. The highest BCUT2D eigenvalue weighted by molar-refractivity contribution is 6.23. The Bertz CT molecular complexity index is 820. The van der Waals surface area contributed by atoms with Crippen LogP contribution in [0.3, 0.4) is 0 Å². The van der Waals surface area contributed by atoms with Crippen molar-refractivity contribution in [3.05, 3.63) is 45.7 Å². The van der Waals surface area contributed by atoms with Gasteiger partial charge >= 0.3 is 0 Å². The minimum Gasteiger partial charge on any atom is -0.511 e. The van der Waals surface area contributed by atoms with Gasteiger partial charge < -0.3 is 9.94 Å². The number of allylic oxidation sites excluding steroid dienone is 2. The summed E-state index contributed by atoms with van der Waals surface area (Å²) in [6.07, 6.45) is 2.47. The van der Waals surface area contributed by atoms with E-state index < -0.39 is 0 Å². The van der Waals surface area contributed by atoms with Crippen LogP contribution >= 0.6 is 0 Å². The first-order valence-electron chi connectivity index (χ1n) is 10.1. The zero-order valence-corrected chi connectivity index (χ0v) is 17.6. The van der Waals surface area contributed by atoms with Crippen molar-refractivity contribution in [3.63, 3.8) is 0 Å². The van der Waals surface area contributed by atoms with Crippen LogP contribution in [0.25, 0.3) is 0 Å². The molecule has 0 heterocycles. The molecule has 1 atom stereocenters. The molecule has 1 aromatic carbocycles. The second-order valence-electron chi connectivity index (χ2n) is 7.30. The number of aliphatic hydroxyl groups is 1. The quantitative estimate of drug-likeness (QED) is 0.372. The van der Waals surface area contributed by atoms with E-state index in [0.717, 1.165) is 28.7 Å². The lowest BCUT2D eigenvalue weighted by molar-refractivity contribution is -0.116. The van der Waals surface area contributed by atoms with Crippen LogP contribution in [0.1, 0.15) is 85.8 Å². The van der Waals surface area contributed by atoms with E-state index in [4.69, 9.17) is 4.84 Å². The van der Waals surface area contributed by atoms with Gasteiger partial charge in [0.2, 0.25) is 0 Å². The summed E-state index contributed by atoms with van der Waals surface area (Å²) in [5.74, 6) is -0.0762. The first kappa shape index (κ1) is 21.9. The van der Waals surface area contributed by atoms with Gasteiger partial charge in [0.1, 0.15) is 12.4 Å². The average Bonchev–Trinajstić information content (AvgIpc) is 2.64. The normalized spacial score (nSPS) is 17.8. The molecule has 5 heteroatoms. The van der Waals surface area contributed by atoms with Gasteiger partial charge in [-0.15, -0.1) is 0 Å². The molecule has 1 N–H and O–H groups in total. The summed E-state index contributed by atoms with van der Waals surface area (Å²) in [4.78, 5) is 30.5. The summed E-state index contributed by atoms with van der Waals surface area (Å²) >= 11 is 0. The van der Waals surface area contributed by atoms with Crippen molar-refractivity contribution >= 4 is 17.3 Å². The smallest absolute Gasteiger partial charge is 0.168 e. The van der Waals surface area contributed by atoms with Crippen LogP contribution in [0.2, 0.25) is 0 Å². The first-order valence-corrected chi connectivity index (χ1v) is 10.1. The number of rotatable bonds is 8. The molecule has 0 saturated carbocycles. The number of ketones is 2. The molecule has 0 amide bonds. The Hall–Kier alpha value is -2.43. The number of hydrogen-bond donors (Lipinski definition) is 1. The molecule has 0 aromatic heterocycles.